The number of amides is 1. The molecule has 0 saturated carbocycles. The third-order valence-electron chi connectivity index (χ3n) is 5.26. The number of hydrogen-bond donors (Lipinski definition) is 2. The first-order valence-electron chi connectivity index (χ1n) is 8.74. The predicted octanol–water partition coefficient (Wildman–Crippen LogP) is 2.00. The van der Waals surface area contributed by atoms with Crippen molar-refractivity contribution in [1.82, 2.24) is 15.5 Å². The van der Waals surface area contributed by atoms with Gasteiger partial charge in [0.2, 0.25) is 5.91 Å². The van der Waals surface area contributed by atoms with E-state index in [0.717, 1.165) is 26.1 Å². The summed E-state index contributed by atoms with van der Waals surface area (Å²) in [6, 6.07) is 0.242. The molecule has 0 aromatic carbocycles. The Morgan fingerprint density at radius 2 is 2.00 bits per heavy atom. The van der Waals surface area contributed by atoms with Crippen LogP contribution in [0.5, 0.6) is 0 Å². The number of carbonyl (C=O) groups excluding carboxylic acids is 1. The smallest absolute Gasteiger partial charge is 0.226 e. The number of piperidine rings is 2. The Bertz CT molecular complexity index is 331. The largest absolute Gasteiger partial charge is 0.352 e. The maximum Gasteiger partial charge on any atom is 0.226 e. The second-order valence-electron chi connectivity index (χ2n) is 7.50. The zero-order valence-electron chi connectivity index (χ0n) is 14.1. The van der Waals surface area contributed by atoms with Crippen molar-refractivity contribution in [1.29, 1.82) is 0 Å². The maximum atomic E-state index is 12.7. The molecule has 1 amide bonds. The van der Waals surface area contributed by atoms with Gasteiger partial charge < -0.3 is 15.5 Å². The highest BCUT2D eigenvalue weighted by molar-refractivity contribution is 5.82. The van der Waals surface area contributed by atoms with Gasteiger partial charge in [0, 0.05) is 18.0 Å². The number of nitrogens with zero attached hydrogens (tertiary/aromatic N) is 1. The van der Waals surface area contributed by atoms with Gasteiger partial charge in [0.25, 0.3) is 0 Å². The molecule has 4 heteroatoms. The molecule has 2 saturated heterocycles. The number of carbonyl (C=O) groups is 1. The van der Waals surface area contributed by atoms with Gasteiger partial charge in [0.05, 0.1) is 0 Å². The molecule has 2 aliphatic heterocycles. The first-order chi connectivity index (χ1) is 10.00. The summed E-state index contributed by atoms with van der Waals surface area (Å²) in [4.78, 5) is 15.1. The molecule has 0 radical (unpaired) electrons. The van der Waals surface area contributed by atoms with Crippen molar-refractivity contribution in [3.05, 3.63) is 0 Å². The van der Waals surface area contributed by atoms with E-state index in [9.17, 15) is 4.79 Å². The van der Waals surface area contributed by atoms with E-state index in [2.05, 4.69) is 36.3 Å². The minimum atomic E-state index is -0.274. The molecule has 2 unspecified atom stereocenters. The average Bonchev–Trinajstić information content (AvgIpc) is 2.49. The SMILES string of the molecule is CC(CN1CCCCC1)NC(=O)C(C)(C)C1CCCNC1. The molecule has 2 aliphatic rings. The summed E-state index contributed by atoms with van der Waals surface area (Å²) < 4.78 is 0. The van der Waals surface area contributed by atoms with Crippen molar-refractivity contribution in [3.8, 4) is 0 Å². The van der Waals surface area contributed by atoms with E-state index in [0.29, 0.717) is 5.92 Å². The summed E-state index contributed by atoms with van der Waals surface area (Å²) in [7, 11) is 0. The van der Waals surface area contributed by atoms with Crippen molar-refractivity contribution >= 4 is 5.91 Å². The van der Waals surface area contributed by atoms with Crippen molar-refractivity contribution in [2.45, 2.75) is 58.9 Å². The summed E-state index contributed by atoms with van der Waals surface area (Å²) >= 11 is 0. The number of likely N-dealkylation sites (tertiary alicyclic amines) is 1. The molecule has 0 spiro atoms. The third-order valence-corrected chi connectivity index (χ3v) is 5.26. The molecule has 0 aromatic heterocycles. The van der Waals surface area contributed by atoms with Crippen LogP contribution in [-0.2, 0) is 4.79 Å². The van der Waals surface area contributed by atoms with Crippen molar-refractivity contribution < 1.29 is 4.79 Å². The molecule has 2 heterocycles. The van der Waals surface area contributed by atoms with Crippen LogP contribution in [0.25, 0.3) is 0 Å². The molecular formula is C17H33N3O. The molecule has 0 aliphatic carbocycles. The van der Waals surface area contributed by atoms with Crippen LogP contribution in [-0.4, -0.2) is 49.6 Å². The Morgan fingerprint density at radius 1 is 1.29 bits per heavy atom. The molecule has 2 fully saturated rings. The van der Waals surface area contributed by atoms with Crippen LogP contribution >= 0.6 is 0 Å². The van der Waals surface area contributed by atoms with E-state index in [-0.39, 0.29) is 17.4 Å². The van der Waals surface area contributed by atoms with Crippen LogP contribution in [0, 0.1) is 11.3 Å². The molecular weight excluding hydrogens is 262 g/mol. The van der Waals surface area contributed by atoms with Gasteiger partial charge in [-0.25, -0.2) is 0 Å². The van der Waals surface area contributed by atoms with Crippen molar-refractivity contribution in [3.63, 3.8) is 0 Å². The van der Waals surface area contributed by atoms with E-state index in [1.54, 1.807) is 0 Å². The van der Waals surface area contributed by atoms with Crippen molar-refractivity contribution in [2.24, 2.45) is 11.3 Å². The standard InChI is InChI=1S/C17H33N3O/c1-14(13-20-10-5-4-6-11-20)19-16(21)17(2,3)15-8-7-9-18-12-15/h14-15,18H,4-13H2,1-3H3,(H,19,21). The third kappa shape index (κ3) is 4.68. The Labute approximate surface area is 130 Å². The Kier molecular flexibility index (Phi) is 6.06. The molecule has 2 N–H and O–H groups in total. The molecule has 0 bridgehead atoms. The Hall–Kier alpha value is -0.610. The fourth-order valence-electron chi connectivity index (χ4n) is 3.64. The minimum Gasteiger partial charge on any atom is -0.352 e. The first-order valence-corrected chi connectivity index (χ1v) is 8.74. The van der Waals surface area contributed by atoms with Crippen LogP contribution in [0.2, 0.25) is 0 Å². The highest BCUT2D eigenvalue weighted by atomic mass is 16.2. The zero-order valence-corrected chi connectivity index (χ0v) is 14.1. The van der Waals surface area contributed by atoms with Gasteiger partial charge in [0.15, 0.2) is 0 Å². The lowest BCUT2D eigenvalue weighted by atomic mass is 9.74. The van der Waals surface area contributed by atoms with Crippen LogP contribution < -0.4 is 10.6 Å². The first kappa shape index (κ1) is 16.8. The Balaban J connectivity index is 1.80. The molecule has 0 aromatic rings. The van der Waals surface area contributed by atoms with Gasteiger partial charge in [-0.3, -0.25) is 4.79 Å². The van der Waals surface area contributed by atoms with E-state index < -0.39 is 0 Å². The molecule has 2 atom stereocenters. The van der Waals surface area contributed by atoms with Crippen molar-refractivity contribution in [2.75, 3.05) is 32.7 Å². The fourth-order valence-corrected chi connectivity index (χ4v) is 3.64. The van der Waals surface area contributed by atoms with E-state index >= 15 is 0 Å². The average molecular weight is 295 g/mol. The molecule has 4 nitrogen and oxygen atoms in total. The van der Waals surface area contributed by atoms with E-state index in [1.807, 2.05) is 0 Å². The van der Waals surface area contributed by atoms with Crippen LogP contribution in [0.1, 0.15) is 52.9 Å². The summed E-state index contributed by atoms with van der Waals surface area (Å²) in [5.74, 6) is 0.675. The normalized spacial score (nSPS) is 26.3. The van der Waals surface area contributed by atoms with Crippen LogP contribution in [0.3, 0.4) is 0 Å². The number of rotatable bonds is 5. The Morgan fingerprint density at radius 3 is 2.62 bits per heavy atom. The maximum absolute atomic E-state index is 12.7. The predicted molar refractivity (Wildman–Crippen MR) is 87.3 cm³/mol. The zero-order chi connectivity index (χ0) is 15.3. The number of nitrogens with one attached hydrogen (secondary N) is 2. The molecule has 122 valence electrons. The molecule has 21 heavy (non-hydrogen) atoms. The second kappa shape index (κ2) is 7.59. The van der Waals surface area contributed by atoms with Gasteiger partial charge in [-0.1, -0.05) is 20.3 Å². The van der Waals surface area contributed by atoms with Gasteiger partial charge in [0.1, 0.15) is 0 Å². The highest BCUT2D eigenvalue weighted by Gasteiger charge is 2.37. The van der Waals surface area contributed by atoms with E-state index in [4.69, 9.17) is 0 Å². The fraction of sp³-hybridized carbons (Fsp3) is 0.941. The quantitative estimate of drug-likeness (QED) is 0.815. The lowest BCUT2D eigenvalue weighted by Gasteiger charge is -2.37. The lowest BCUT2D eigenvalue weighted by Crippen LogP contribution is -2.51. The summed E-state index contributed by atoms with van der Waals surface area (Å²) in [6.07, 6.45) is 6.32. The minimum absolute atomic E-state index is 0.223. The van der Waals surface area contributed by atoms with Gasteiger partial charge >= 0.3 is 0 Å². The lowest BCUT2D eigenvalue weighted by molar-refractivity contribution is -0.133. The van der Waals surface area contributed by atoms with Crippen LogP contribution in [0.15, 0.2) is 0 Å². The summed E-state index contributed by atoms with van der Waals surface area (Å²) in [5, 5.41) is 6.68. The van der Waals surface area contributed by atoms with Gasteiger partial charge in [-0.05, 0) is 64.7 Å². The second-order valence-corrected chi connectivity index (χ2v) is 7.50. The highest BCUT2D eigenvalue weighted by Crippen LogP contribution is 2.32. The topological polar surface area (TPSA) is 44.4 Å². The number of hydrogen-bond acceptors (Lipinski definition) is 3. The molecule has 2 rings (SSSR count). The summed E-state index contributed by atoms with van der Waals surface area (Å²) in [6.45, 7) is 11.8. The van der Waals surface area contributed by atoms with E-state index in [1.165, 1.54) is 38.8 Å². The monoisotopic (exact) mass is 295 g/mol. The van der Waals surface area contributed by atoms with Crippen LogP contribution in [0.4, 0.5) is 0 Å². The summed E-state index contributed by atoms with van der Waals surface area (Å²) in [5.41, 5.74) is -0.274. The van der Waals surface area contributed by atoms with Gasteiger partial charge in [-0.15, -0.1) is 0 Å². The van der Waals surface area contributed by atoms with Gasteiger partial charge in [-0.2, -0.15) is 0 Å².